The van der Waals surface area contributed by atoms with Gasteiger partial charge in [-0.3, -0.25) is 4.79 Å². The van der Waals surface area contributed by atoms with Crippen LogP contribution in [-0.2, 0) is 4.79 Å². The minimum atomic E-state index is 0. The number of hydrogen-bond acceptors (Lipinski definition) is 2. The summed E-state index contributed by atoms with van der Waals surface area (Å²) in [6, 6.07) is 8.05. The molecule has 3 nitrogen and oxygen atoms in total. The molecule has 0 bridgehead atoms. The SMILES string of the molecule is CC(c1ccc(Cl)cc1)C(C)N(C)C(=O)C1CNC1.Cl. The van der Waals surface area contributed by atoms with Gasteiger partial charge in [0.2, 0.25) is 5.91 Å². The average molecular weight is 317 g/mol. The Balaban J connectivity index is 0.00000200. The molecular weight excluding hydrogens is 295 g/mol. The van der Waals surface area contributed by atoms with Crippen LogP contribution in [0.5, 0.6) is 0 Å². The van der Waals surface area contributed by atoms with E-state index in [0.717, 1.165) is 18.1 Å². The van der Waals surface area contributed by atoms with Gasteiger partial charge in [-0.15, -0.1) is 12.4 Å². The van der Waals surface area contributed by atoms with Crippen LogP contribution >= 0.6 is 24.0 Å². The van der Waals surface area contributed by atoms with Gasteiger partial charge in [0.05, 0.1) is 5.92 Å². The van der Waals surface area contributed by atoms with Crippen LogP contribution in [0.4, 0.5) is 0 Å². The van der Waals surface area contributed by atoms with E-state index in [2.05, 4.69) is 19.2 Å². The molecule has 2 rings (SSSR count). The summed E-state index contributed by atoms with van der Waals surface area (Å²) in [6.45, 7) is 5.87. The summed E-state index contributed by atoms with van der Waals surface area (Å²) in [7, 11) is 1.90. The molecule has 1 amide bonds. The summed E-state index contributed by atoms with van der Waals surface area (Å²) in [5, 5.41) is 3.88. The molecule has 1 saturated heterocycles. The summed E-state index contributed by atoms with van der Waals surface area (Å²) in [4.78, 5) is 14.1. The number of halogens is 2. The van der Waals surface area contributed by atoms with Gasteiger partial charge in [0.15, 0.2) is 0 Å². The van der Waals surface area contributed by atoms with Crippen molar-refractivity contribution >= 4 is 29.9 Å². The van der Waals surface area contributed by atoms with Crippen LogP contribution in [-0.4, -0.2) is 37.0 Å². The molecule has 1 aliphatic heterocycles. The van der Waals surface area contributed by atoms with E-state index in [9.17, 15) is 4.79 Å². The highest BCUT2D eigenvalue weighted by Gasteiger charge is 2.31. The van der Waals surface area contributed by atoms with E-state index in [0.29, 0.717) is 5.92 Å². The molecule has 1 aliphatic rings. The quantitative estimate of drug-likeness (QED) is 0.926. The molecule has 0 saturated carbocycles. The highest BCUT2D eigenvalue weighted by atomic mass is 35.5. The van der Waals surface area contributed by atoms with Crippen LogP contribution in [0, 0.1) is 5.92 Å². The molecule has 2 unspecified atom stereocenters. The highest BCUT2D eigenvalue weighted by Crippen LogP contribution is 2.25. The number of nitrogens with zero attached hydrogens (tertiary/aromatic N) is 1. The zero-order valence-electron chi connectivity index (χ0n) is 12.1. The molecule has 0 aliphatic carbocycles. The van der Waals surface area contributed by atoms with E-state index in [1.165, 1.54) is 5.56 Å². The van der Waals surface area contributed by atoms with Gasteiger partial charge in [-0.1, -0.05) is 30.7 Å². The van der Waals surface area contributed by atoms with Crippen molar-refractivity contribution in [3.8, 4) is 0 Å². The van der Waals surface area contributed by atoms with Crippen molar-refractivity contribution in [3.05, 3.63) is 34.9 Å². The zero-order chi connectivity index (χ0) is 14.0. The molecule has 5 heteroatoms. The summed E-state index contributed by atoms with van der Waals surface area (Å²) in [6.07, 6.45) is 0. The molecule has 0 radical (unpaired) electrons. The van der Waals surface area contributed by atoms with Gasteiger partial charge in [0, 0.05) is 37.1 Å². The van der Waals surface area contributed by atoms with Gasteiger partial charge in [-0.25, -0.2) is 0 Å². The van der Waals surface area contributed by atoms with Crippen molar-refractivity contribution in [3.63, 3.8) is 0 Å². The molecular formula is C15H22Cl2N2O. The predicted molar refractivity (Wildman–Crippen MR) is 85.7 cm³/mol. The van der Waals surface area contributed by atoms with Gasteiger partial charge in [-0.05, 0) is 24.6 Å². The van der Waals surface area contributed by atoms with E-state index in [-0.39, 0.29) is 30.3 Å². The first-order valence-electron chi connectivity index (χ1n) is 6.73. The molecule has 1 fully saturated rings. The van der Waals surface area contributed by atoms with Gasteiger partial charge in [-0.2, -0.15) is 0 Å². The Labute approximate surface area is 132 Å². The molecule has 1 aromatic carbocycles. The normalized spacial score (nSPS) is 17.6. The molecule has 112 valence electrons. The lowest BCUT2D eigenvalue weighted by atomic mass is 9.92. The molecule has 1 aromatic rings. The van der Waals surface area contributed by atoms with E-state index < -0.39 is 0 Å². The standard InChI is InChI=1S/C15H21ClN2O.ClH/c1-10(12-4-6-14(16)7-5-12)11(2)18(3)15(19)13-8-17-9-13;/h4-7,10-11,13,17H,8-9H2,1-3H3;1H. The third-order valence-electron chi connectivity index (χ3n) is 4.21. The number of hydrogen-bond donors (Lipinski definition) is 1. The van der Waals surface area contributed by atoms with Gasteiger partial charge >= 0.3 is 0 Å². The van der Waals surface area contributed by atoms with Crippen molar-refractivity contribution in [2.24, 2.45) is 5.92 Å². The lowest BCUT2D eigenvalue weighted by Crippen LogP contribution is -2.53. The molecule has 1 N–H and O–H groups in total. The van der Waals surface area contributed by atoms with E-state index in [1.807, 2.05) is 36.2 Å². The molecule has 0 spiro atoms. The number of benzene rings is 1. The maximum atomic E-state index is 12.2. The Hall–Kier alpha value is -0.770. The minimum absolute atomic E-state index is 0. The Bertz CT molecular complexity index is 446. The van der Waals surface area contributed by atoms with Crippen LogP contribution in [0.25, 0.3) is 0 Å². The number of rotatable bonds is 4. The first-order chi connectivity index (χ1) is 9.00. The first-order valence-corrected chi connectivity index (χ1v) is 7.11. The number of likely N-dealkylation sites (N-methyl/N-ethyl adjacent to an activating group) is 1. The summed E-state index contributed by atoms with van der Waals surface area (Å²) < 4.78 is 0. The molecule has 0 aromatic heterocycles. The molecule has 1 heterocycles. The number of nitrogens with one attached hydrogen (secondary N) is 1. The van der Waals surface area contributed by atoms with Crippen LogP contribution in [0.1, 0.15) is 25.3 Å². The van der Waals surface area contributed by atoms with Gasteiger partial charge in [0.25, 0.3) is 0 Å². The summed E-state index contributed by atoms with van der Waals surface area (Å²) >= 11 is 5.91. The van der Waals surface area contributed by atoms with Crippen LogP contribution in [0.3, 0.4) is 0 Å². The minimum Gasteiger partial charge on any atom is -0.342 e. The maximum Gasteiger partial charge on any atom is 0.228 e. The Morgan fingerprint density at radius 3 is 2.30 bits per heavy atom. The molecule has 2 atom stereocenters. The maximum absolute atomic E-state index is 12.2. The average Bonchev–Trinajstić information content (AvgIpc) is 2.35. The number of amides is 1. The summed E-state index contributed by atoms with van der Waals surface area (Å²) in [5.74, 6) is 0.691. The number of carbonyl (C=O) groups is 1. The molecule has 20 heavy (non-hydrogen) atoms. The third-order valence-corrected chi connectivity index (χ3v) is 4.46. The van der Waals surface area contributed by atoms with E-state index in [1.54, 1.807) is 0 Å². The van der Waals surface area contributed by atoms with Crippen LogP contribution in [0.15, 0.2) is 24.3 Å². The lowest BCUT2D eigenvalue weighted by Gasteiger charge is -2.36. The highest BCUT2D eigenvalue weighted by molar-refractivity contribution is 6.30. The zero-order valence-corrected chi connectivity index (χ0v) is 13.7. The van der Waals surface area contributed by atoms with Crippen molar-refractivity contribution in [2.45, 2.75) is 25.8 Å². The largest absolute Gasteiger partial charge is 0.342 e. The monoisotopic (exact) mass is 316 g/mol. The smallest absolute Gasteiger partial charge is 0.228 e. The van der Waals surface area contributed by atoms with Crippen molar-refractivity contribution in [1.29, 1.82) is 0 Å². The van der Waals surface area contributed by atoms with Crippen molar-refractivity contribution < 1.29 is 4.79 Å². The van der Waals surface area contributed by atoms with E-state index in [4.69, 9.17) is 11.6 Å². The first kappa shape index (κ1) is 17.3. The third kappa shape index (κ3) is 3.66. The van der Waals surface area contributed by atoms with Gasteiger partial charge < -0.3 is 10.2 Å². The fourth-order valence-electron chi connectivity index (χ4n) is 2.33. The van der Waals surface area contributed by atoms with Crippen molar-refractivity contribution in [1.82, 2.24) is 10.2 Å². The second-order valence-electron chi connectivity index (χ2n) is 5.39. The van der Waals surface area contributed by atoms with E-state index >= 15 is 0 Å². The topological polar surface area (TPSA) is 32.3 Å². The second kappa shape index (κ2) is 7.30. The fraction of sp³-hybridized carbons (Fsp3) is 0.533. The van der Waals surface area contributed by atoms with Crippen LogP contribution in [0.2, 0.25) is 5.02 Å². The predicted octanol–water partition coefficient (Wildman–Crippen LogP) is 2.93. The second-order valence-corrected chi connectivity index (χ2v) is 5.82. The van der Waals surface area contributed by atoms with Crippen molar-refractivity contribution in [2.75, 3.05) is 20.1 Å². The summed E-state index contributed by atoms with van der Waals surface area (Å²) in [5.41, 5.74) is 1.21. The Morgan fingerprint density at radius 1 is 1.30 bits per heavy atom. The number of carbonyl (C=O) groups excluding carboxylic acids is 1. The fourth-order valence-corrected chi connectivity index (χ4v) is 2.46. The van der Waals surface area contributed by atoms with Gasteiger partial charge in [0.1, 0.15) is 0 Å². The Kier molecular flexibility index (Phi) is 6.31. The van der Waals surface area contributed by atoms with Crippen LogP contribution < -0.4 is 5.32 Å². The Morgan fingerprint density at radius 2 is 1.85 bits per heavy atom. The lowest BCUT2D eigenvalue weighted by molar-refractivity contribution is -0.137.